The number of nitriles is 1. The van der Waals surface area contributed by atoms with Crippen LogP contribution in [0, 0.1) is 18.4 Å². The van der Waals surface area contributed by atoms with Crippen LogP contribution in [0.4, 0.5) is 5.95 Å². The van der Waals surface area contributed by atoms with Crippen molar-refractivity contribution in [2.24, 2.45) is 0 Å². The van der Waals surface area contributed by atoms with Gasteiger partial charge in [0.1, 0.15) is 0 Å². The van der Waals surface area contributed by atoms with Gasteiger partial charge in [0, 0.05) is 18.8 Å². The molecule has 5 heteroatoms. The van der Waals surface area contributed by atoms with Gasteiger partial charge in [-0.05, 0) is 6.92 Å². The van der Waals surface area contributed by atoms with Gasteiger partial charge in [-0.3, -0.25) is 4.90 Å². The number of nitrogens with zero attached hydrogens (tertiary/aromatic N) is 4. The van der Waals surface area contributed by atoms with Crippen LogP contribution in [0.1, 0.15) is 5.69 Å². The zero-order chi connectivity index (χ0) is 9.84. The summed E-state index contributed by atoms with van der Waals surface area (Å²) < 4.78 is 4.94. The van der Waals surface area contributed by atoms with Crippen LogP contribution in [-0.4, -0.2) is 24.1 Å². The highest BCUT2D eigenvalue weighted by molar-refractivity contribution is 5.37. The fourth-order valence-electron chi connectivity index (χ4n) is 0.824. The quantitative estimate of drug-likeness (QED) is 0.493. The maximum atomic E-state index is 8.60. The second-order valence-electron chi connectivity index (χ2n) is 2.51. The smallest absolute Gasteiger partial charge is 0.242 e. The van der Waals surface area contributed by atoms with Crippen LogP contribution >= 0.6 is 0 Å². The molecule has 0 aromatic carbocycles. The Labute approximate surface area is 76.6 Å². The van der Waals surface area contributed by atoms with Crippen molar-refractivity contribution in [1.82, 2.24) is 9.97 Å². The van der Waals surface area contributed by atoms with Crippen LogP contribution in [0.5, 0.6) is 5.88 Å². The first kappa shape index (κ1) is 9.26. The van der Waals surface area contributed by atoms with Crippen LogP contribution in [0.2, 0.25) is 0 Å². The van der Waals surface area contributed by atoms with Crippen LogP contribution in [-0.2, 0) is 0 Å². The first-order chi connectivity index (χ1) is 6.17. The van der Waals surface area contributed by atoms with Crippen molar-refractivity contribution < 1.29 is 4.74 Å². The molecule has 1 aromatic rings. The molecule has 0 N–H and O–H groups in total. The van der Waals surface area contributed by atoms with E-state index in [4.69, 9.17) is 10.00 Å². The average Bonchev–Trinajstić information content (AvgIpc) is 2.15. The van der Waals surface area contributed by atoms with E-state index in [0.29, 0.717) is 11.8 Å². The summed E-state index contributed by atoms with van der Waals surface area (Å²) in [6.07, 6.45) is 1.91. The summed E-state index contributed by atoms with van der Waals surface area (Å²) in [5.41, 5.74) is 0.768. The number of rotatable bonds is 2. The van der Waals surface area contributed by atoms with Crippen LogP contribution in [0.25, 0.3) is 0 Å². The van der Waals surface area contributed by atoms with E-state index in [1.54, 1.807) is 13.1 Å². The number of anilines is 1. The molecule has 0 aliphatic rings. The van der Waals surface area contributed by atoms with E-state index in [0.717, 1.165) is 5.69 Å². The summed E-state index contributed by atoms with van der Waals surface area (Å²) in [4.78, 5) is 9.33. The summed E-state index contributed by atoms with van der Waals surface area (Å²) in [5.74, 6) is 0.809. The highest BCUT2D eigenvalue weighted by atomic mass is 16.5. The third kappa shape index (κ3) is 2.06. The Balaban J connectivity index is 3.10. The van der Waals surface area contributed by atoms with Gasteiger partial charge in [-0.1, -0.05) is 0 Å². The minimum atomic E-state index is 0.347. The molecule has 0 fully saturated rings. The van der Waals surface area contributed by atoms with Gasteiger partial charge >= 0.3 is 0 Å². The van der Waals surface area contributed by atoms with E-state index in [1.165, 1.54) is 12.0 Å². The molecule has 0 aliphatic heterocycles. The Morgan fingerprint density at radius 1 is 1.54 bits per heavy atom. The maximum absolute atomic E-state index is 8.60. The molecular formula is C8H10N4O. The molecule has 0 saturated heterocycles. The van der Waals surface area contributed by atoms with Gasteiger partial charge in [0.15, 0.2) is 6.19 Å². The number of hydrogen-bond acceptors (Lipinski definition) is 5. The predicted octanol–water partition coefficient (Wildman–Crippen LogP) is 0.711. The summed E-state index contributed by atoms with van der Waals surface area (Å²) >= 11 is 0. The van der Waals surface area contributed by atoms with Gasteiger partial charge in [-0.2, -0.15) is 10.2 Å². The number of aromatic nitrogens is 2. The highest BCUT2D eigenvalue weighted by Gasteiger charge is 2.05. The van der Waals surface area contributed by atoms with Crippen LogP contribution in [0.15, 0.2) is 6.07 Å². The molecule has 1 aromatic heterocycles. The maximum Gasteiger partial charge on any atom is 0.242 e. The molecule has 0 bridgehead atoms. The van der Waals surface area contributed by atoms with E-state index in [9.17, 15) is 0 Å². The summed E-state index contributed by atoms with van der Waals surface area (Å²) in [6, 6.07) is 1.70. The average molecular weight is 178 g/mol. The normalized spacial score (nSPS) is 9.08. The SMILES string of the molecule is COc1cc(C)nc(N(C)C#N)n1. The third-order valence-electron chi connectivity index (χ3n) is 1.48. The summed E-state index contributed by atoms with van der Waals surface area (Å²) in [6.45, 7) is 1.82. The Kier molecular flexibility index (Phi) is 2.65. The first-order valence-electron chi connectivity index (χ1n) is 3.70. The van der Waals surface area contributed by atoms with Gasteiger partial charge in [0.2, 0.25) is 11.8 Å². The second-order valence-corrected chi connectivity index (χ2v) is 2.51. The van der Waals surface area contributed by atoms with Crippen molar-refractivity contribution >= 4 is 5.95 Å². The fourth-order valence-corrected chi connectivity index (χ4v) is 0.824. The second kappa shape index (κ2) is 3.72. The van der Waals surface area contributed by atoms with Crippen molar-refractivity contribution in [3.8, 4) is 12.1 Å². The molecule has 13 heavy (non-hydrogen) atoms. The van der Waals surface area contributed by atoms with Crippen molar-refractivity contribution in [2.45, 2.75) is 6.92 Å². The van der Waals surface area contributed by atoms with E-state index < -0.39 is 0 Å². The lowest BCUT2D eigenvalue weighted by molar-refractivity contribution is 0.396. The molecule has 0 amide bonds. The standard InChI is InChI=1S/C8H10N4O/c1-6-4-7(13-3)11-8(10-6)12(2)5-9/h4H,1-3H3. The zero-order valence-corrected chi connectivity index (χ0v) is 7.77. The number of ether oxygens (including phenoxy) is 1. The number of aryl methyl sites for hydroxylation is 1. The van der Waals surface area contributed by atoms with Gasteiger partial charge < -0.3 is 4.74 Å². The molecule has 0 saturated carbocycles. The third-order valence-corrected chi connectivity index (χ3v) is 1.48. The molecule has 0 aliphatic carbocycles. The number of hydrogen-bond donors (Lipinski definition) is 0. The fraction of sp³-hybridized carbons (Fsp3) is 0.375. The van der Waals surface area contributed by atoms with E-state index in [1.807, 2.05) is 13.1 Å². The van der Waals surface area contributed by atoms with E-state index >= 15 is 0 Å². The van der Waals surface area contributed by atoms with Gasteiger partial charge in [-0.25, -0.2) is 4.98 Å². The summed E-state index contributed by atoms with van der Waals surface area (Å²) in [7, 11) is 3.12. The Morgan fingerprint density at radius 3 is 2.77 bits per heavy atom. The minimum absolute atomic E-state index is 0.347. The Hall–Kier alpha value is -1.83. The van der Waals surface area contributed by atoms with Gasteiger partial charge in [-0.15, -0.1) is 0 Å². The molecule has 5 nitrogen and oxygen atoms in total. The zero-order valence-electron chi connectivity index (χ0n) is 7.77. The van der Waals surface area contributed by atoms with Crippen molar-refractivity contribution in [3.05, 3.63) is 11.8 Å². The first-order valence-corrected chi connectivity index (χ1v) is 3.70. The topological polar surface area (TPSA) is 62.0 Å². The molecule has 0 unspecified atom stereocenters. The van der Waals surface area contributed by atoms with Crippen molar-refractivity contribution in [2.75, 3.05) is 19.1 Å². The molecule has 68 valence electrons. The lowest BCUT2D eigenvalue weighted by Crippen LogP contribution is -2.12. The largest absolute Gasteiger partial charge is 0.481 e. The predicted molar refractivity (Wildman–Crippen MR) is 47.3 cm³/mol. The van der Waals surface area contributed by atoms with Crippen LogP contribution in [0.3, 0.4) is 0 Å². The van der Waals surface area contributed by atoms with Crippen molar-refractivity contribution in [1.29, 1.82) is 5.26 Å². The monoisotopic (exact) mass is 178 g/mol. The Morgan fingerprint density at radius 2 is 2.23 bits per heavy atom. The lowest BCUT2D eigenvalue weighted by atomic mass is 10.4. The number of methoxy groups -OCH3 is 1. The van der Waals surface area contributed by atoms with Gasteiger partial charge in [0.05, 0.1) is 7.11 Å². The van der Waals surface area contributed by atoms with E-state index in [-0.39, 0.29) is 0 Å². The molecular weight excluding hydrogens is 168 g/mol. The minimum Gasteiger partial charge on any atom is -0.481 e. The van der Waals surface area contributed by atoms with Crippen molar-refractivity contribution in [3.63, 3.8) is 0 Å². The lowest BCUT2D eigenvalue weighted by Gasteiger charge is -2.08. The highest BCUT2D eigenvalue weighted by Crippen LogP contribution is 2.12. The molecule has 1 rings (SSSR count). The van der Waals surface area contributed by atoms with E-state index in [2.05, 4.69) is 9.97 Å². The summed E-state index contributed by atoms with van der Waals surface area (Å²) in [5, 5.41) is 8.60. The van der Waals surface area contributed by atoms with Crippen LogP contribution < -0.4 is 9.64 Å². The molecule has 0 atom stereocenters. The Bertz CT molecular complexity index is 344. The molecule has 0 radical (unpaired) electrons. The molecule has 0 spiro atoms. The van der Waals surface area contributed by atoms with Gasteiger partial charge in [0.25, 0.3) is 0 Å². The molecule has 1 heterocycles.